The molecule has 3 nitrogen and oxygen atoms in total. The lowest BCUT2D eigenvalue weighted by Crippen LogP contribution is -2.58. The van der Waals surface area contributed by atoms with Crippen molar-refractivity contribution < 1.29 is 15.0 Å². The highest BCUT2D eigenvalue weighted by Crippen LogP contribution is 2.68. The Bertz CT molecular complexity index is 768. The van der Waals surface area contributed by atoms with Crippen LogP contribution in [0.25, 0.3) is 0 Å². The van der Waals surface area contributed by atoms with E-state index >= 15 is 0 Å². The van der Waals surface area contributed by atoms with Crippen molar-refractivity contribution in [3.63, 3.8) is 0 Å². The highest BCUT2D eigenvalue weighted by molar-refractivity contribution is 5.76. The molecule has 0 bridgehead atoms. The lowest BCUT2D eigenvalue weighted by atomic mass is 9.45. The summed E-state index contributed by atoms with van der Waals surface area (Å²) in [5.74, 6) is 2.38. The van der Waals surface area contributed by atoms with Gasteiger partial charge >= 0.3 is 5.97 Å². The fourth-order valence-electron chi connectivity index (χ4n) is 9.30. The van der Waals surface area contributed by atoms with Crippen molar-refractivity contribution >= 4 is 5.97 Å². The van der Waals surface area contributed by atoms with Gasteiger partial charge in [0.2, 0.25) is 0 Å². The van der Waals surface area contributed by atoms with Crippen LogP contribution < -0.4 is 0 Å². The molecular formula is C29H48O3. The van der Waals surface area contributed by atoms with Crippen LogP contribution in [0.1, 0.15) is 112 Å². The van der Waals surface area contributed by atoms with Gasteiger partial charge in [0.1, 0.15) is 0 Å². The first-order chi connectivity index (χ1) is 15.0. The molecule has 4 aliphatic carbocycles. The molecule has 0 aromatic heterocycles. The first-order valence-corrected chi connectivity index (χ1v) is 13.6. The standard InChI is InChI=1S/C29H48O3/c1-18(2)8-7-9-19(3)21-11-12-22-20-10-13-24-28(5,23(20)14-16-27(21,22)4)17-15-25(30)29(24,6)26(31)32/h18-19,21-22,24-25,30H,7-17H2,1-6H3,(H,31,32)/t19-,21-,22+,24-,25+,27-,28-,29+/m1/s1. The normalized spacial score (nSPS) is 44.8. The zero-order chi connectivity index (χ0) is 23.5. The van der Waals surface area contributed by atoms with Gasteiger partial charge in [-0.25, -0.2) is 0 Å². The second-order valence-electron chi connectivity index (χ2n) is 13.2. The fourth-order valence-corrected chi connectivity index (χ4v) is 9.30. The minimum Gasteiger partial charge on any atom is -0.481 e. The van der Waals surface area contributed by atoms with Gasteiger partial charge in [-0.05, 0) is 98.7 Å². The third kappa shape index (κ3) is 3.51. The molecule has 2 N–H and O–H groups in total. The molecule has 0 saturated heterocycles. The summed E-state index contributed by atoms with van der Waals surface area (Å²) in [5, 5.41) is 20.9. The number of carboxylic acids is 1. The summed E-state index contributed by atoms with van der Waals surface area (Å²) >= 11 is 0. The molecule has 0 amide bonds. The predicted molar refractivity (Wildman–Crippen MR) is 130 cm³/mol. The van der Waals surface area contributed by atoms with Crippen LogP contribution >= 0.6 is 0 Å². The smallest absolute Gasteiger partial charge is 0.312 e. The van der Waals surface area contributed by atoms with E-state index in [1.807, 2.05) is 6.92 Å². The molecule has 2 fully saturated rings. The SMILES string of the molecule is CC(C)CCC[C@@H](C)[C@H]1CC[C@H]2C3=C(CC[C@]12C)[C@@]1(C)CC[C@H](O)[C@@](C)(C(=O)O)[C@@H]1CC3. The molecule has 0 aromatic rings. The number of hydrogen-bond donors (Lipinski definition) is 2. The van der Waals surface area contributed by atoms with E-state index in [1.54, 1.807) is 11.1 Å². The molecule has 2 saturated carbocycles. The largest absolute Gasteiger partial charge is 0.481 e. The van der Waals surface area contributed by atoms with Crippen LogP contribution in [0.4, 0.5) is 0 Å². The molecule has 4 rings (SSSR count). The number of carboxylic acid groups (broad SMARTS) is 1. The average molecular weight is 445 g/mol. The van der Waals surface area contributed by atoms with Crippen molar-refractivity contribution in [2.75, 3.05) is 0 Å². The second-order valence-corrected chi connectivity index (χ2v) is 13.2. The molecule has 3 heteroatoms. The van der Waals surface area contributed by atoms with E-state index in [-0.39, 0.29) is 11.3 Å². The van der Waals surface area contributed by atoms with Gasteiger partial charge in [-0.2, -0.15) is 0 Å². The van der Waals surface area contributed by atoms with Crippen LogP contribution in [-0.4, -0.2) is 22.3 Å². The maximum Gasteiger partial charge on any atom is 0.312 e. The molecular weight excluding hydrogens is 396 g/mol. The highest BCUT2D eigenvalue weighted by Gasteiger charge is 2.62. The van der Waals surface area contributed by atoms with Crippen LogP contribution in [0.15, 0.2) is 11.1 Å². The van der Waals surface area contributed by atoms with Gasteiger partial charge in [0.25, 0.3) is 0 Å². The monoisotopic (exact) mass is 444 g/mol. The Morgan fingerprint density at radius 3 is 2.38 bits per heavy atom. The quantitative estimate of drug-likeness (QED) is 0.425. The Balaban J connectivity index is 1.60. The Morgan fingerprint density at radius 1 is 1.00 bits per heavy atom. The van der Waals surface area contributed by atoms with E-state index in [0.29, 0.717) is 17.8 Å². The Hall–Kier alpha value is -0.830. The van der Waals surface area contributed by atoms with Crippen LogP contribution in [0.5, 0.6) is 0 Å². The van der Waals surface area contributed by atoms with Crippen molar-refractivity contribution in [2.45, 2.75) is 118 Å². The Labute approximate surface area is 196 Å². The zero-order valence-electron chi connectivity index (χ0n) is 21.5. The molecule has 4 aliphatic rings. The summed E-state index contributed by atoms with van der Waals surface area (Å²) in [5.41, 5.74) is 2.68. The molecule has 0 heterocycles. The van der Waals surface area contributed by atoms with Crippen LogP contribution in [0.2, 0.25) is 0 Å². The fraction of sp³-hybridized carbons (Fsp3) is 0.897. The van der Waals surface area contributed by atoms with Crippen LogP contribution in [0.3, 0.4) is 0 Å². The van der Waals surface area contributed by atoms with Gasteiger partial charge in [-0.15, -0.1) is 0 Å². The topological polar surface area (TPSA) is 57.5 Å². The van der Waals surface area contributed by atoms with Gasteiger partial charge in [0, 0.05) is 0 Å². The predicted octanol–water partition coefficient (Wildman–Crippen LogP) is 7.23. The van der Waals surface area contributed by atoms with E-state index in [2.05, 4.69) is 34.6 Å². The number of hydrogen-bond acceptors (Lipinski definition) is 2. The number of aliphatic carboxylic acids is 1. The minimum atomic E-state index is -1.02. The summed E-state index contributed by atoms with van der Waals surface area (Å²) in [6.07, 6.45) is 12.0. The number of carbonyl (C=O) groups is 1. The van der Waals surface area contributed by atoms with Gasteiger partial charge in [0.15, 0.2) is 0 Å². The maximum absolute atomic E-state index is 12.3. The van der Waals surface area contributed by atoms with E-state index in [4.69, 9.17) is 0 Å². The molecule has 32 heavy (non-hydrogen) atoms. The van der Waals surface area contributed by atoms with Crippen molar-refractivity contribution in [1.82, 2.24) is 0 Å². The summed E-state index contributed by atoms with van der Waals surface area (Å²) in [6.45, 7) is 14.0. The second kappa shape index (κ2) is 8.43. The van der Waals surface area contributed by atoms with E-state index in [9.17, 15) is 15.0 Å². The number of fused-ring (bicyclic) bond motifs is 4. The lowest BCUT2D eigenvalue weighted by Gasteiger charge is -2.59. The number of aliphatic hydroxyl groups is 1. The lowest BCUT2D eigenvalue weighted by molar-refractivity contribution is -0.175. The Morgan fingerprint density at radius 2 is 1.72 bits per heavy atom. The van der Waals surface area contributed by atoms with Gasteiger partial charge in [-0.3, -0.25) is 4.79 Å². The summed E-state index contributed by atoms with van der Waals surface area (Å²) in [7, 11) is 0. The molecule has 8 atom stereocenters. The third-order valence-corrected chi connectivity index (χ3v) is 11.2. The first-order valence-electron chi connectivity index (χ1n) is 13.6. The molecule has 0 spiro atoms. The van der Waals surface area contributed by atoms with E-state index in [0.717, 1.165) is 43.4 Å². The van der Waals surface area contributed by atoms with Crippen molar-refractivity contribution in [3.8, 4) is 0 Å². The molecule has 0 radical (unpaired) electrons. The number of aliphatic hydroxyl groups excluding tert-OH is 1. The highest BCUT2D eigenvalue weighted by atomic mass is 16.4. The first kappa shape index (κ1) is 24.3. The zero-order valence-corrected chi connectivity index (χ0v) is 21.5. The maximum atomic E-state index is 12.3. The van der Waals surface area contributed by atoms with E-state index in [1.165, 1.54) is 38.5 Å². The van der Waals surface area contributed by atoms with E-state index < -0.39 is 17.5 Å². The van der Waals surface area contributed by atoms with Crippen LogP contribution in [0, 0.1) is 45.8 Å². The van der Waals surface area contributed by atoms with Gasteiger partial charge in [0.05, 0.1) is 11.5 Å². The third-order valence-electron chi connectivity index (χ3n) is 11.2. The minimum absolute atomic E-state index is 0.0477. The summed E-state index contributed by atoms with van der Waals surface area (Å²) in [4.78, 5) is 12.3. The average Bonchev–Trinajstić information content (AvgIpc) is 3.08. The molecule has 182 valence electrons. The molecule has 0 unspecified atom stereocenters. The molecule has 0 aliphatic heterocycles. The van der Waals surface area contributed by atoms with Crippen molar-refractivity contribution in [2.24, 2.45) is 45.8 Å². The summed E-state index contributed by atoms with van der Waals surface area (Å²) < 4.78 is 0. The molecule has 0 aromatic carbocycles. The van der Waals surface area contributed by atoms with Gasteiger partial charge in [-0.1, -0.05) is 65.0 Å². The van der Waals surface area contributed by atoms with Gasteiger partial charge < -0.3 is 10.2 Å². The Kier molecular flexibility index (Phi) is 6.40. The number of rotatable bonds is 6. The summed E-state index contributed by atoms with van der Waals surface area (Å²) in [6, 6.07) is 0. The number of allylic oxidation sites excluding steroid dienone is 2. The van der Waals surface area contributed by atoms with Crippen molar-refractivity contribution in [1.29, 1.82) is 0 Å². The van der Waals surface area contributed by atoms with Crippen molar-refractivity contribution in [3.05, 3.63) is 11.1 Å². The van der Waals surface area contributed by atoms with Crippen LogP contribution in [-0.2, 0) is 4.79 Å².